The zero-order valence-electron chi connectivity index (χ0n) is 11.6. The van der Waals surface area contributed by atoms with Crippen molar-refractivity contribution in [2.24, 2.45) is 5.73 Å². The van der Waals surface area contributed by atoms with E-state index in [0.29, 0.717) is 0 Å². The molecule has 0 aliphatic carbocycles. The lowest BCUT2D eigenvalue weighted by Gasteiger charge is -2.31. The molecule has 1 aliphatic rings. The van der Waals surface area contributed by atoms with E-state index in [0.717, 1.165) is 23.8 Å². The van der Waals surface area contributed by atoms with Gasteiger partial charge in [0.15, 0.2) is 0 Å². The fourth-order valence-electron chi connectivity index (χ4n) is 2.93. The van der Waals surface area contributed by atoms with Gasteiger partial charge in [-0.25, -0.2) is 0 Å². The van der Waals surface area contributed by atoms with E-state index in [-0.39, 0.29) is 12.1 Å². The number of benzene rings is 1. The summed E-state index contributed by atoms with van der Waals surface area (Å²) in [4.78, 5) is 3.75. The molecule has 20 heavy (non-hydrogen) atoms. The molecule has 0 spiro atoms. The van der Waals surface area contributed by atoms with Crippen molar-refractivity contribution in [1.29, 1.82) is 0 Å². The molecule has 0 radical (unpaired) electrons. The van der Waals surface area contributed by atoms with Crippen LogP contribution in [0.15, 0.2) is 36.4 Å². The third-order valence-electron chi connectivity index (χ3n) is 4.02. The van der Waals surface area contributed by atoms with Crippen LogP contribution in [-0.2, 0) is 13.1 Å². The van der Waals surface area contributed by atoms with Crippen LogP contribution in [0.5, 0.6) is 0 Å². The van der Waals surface area contributed by atoms with E-state index in [9.17, 15) is 0 Å². The second-order valence-electron chi connectivity index (χ2n) is 5.33. The Hall–Kier alpha value is -0.870. The van der Waals surface area contributed by atoms with Crippen molar-refractivity contribution in [1.82, 2.24) is 4.90 Å². The first kappa shape index (κ1) is 14.1. The Morgan fingerprint density at radius 2 is 1.85 bits per heavy atom. The Kier molecular flexibility index (Phi) is 4.13. The molecule has 2 N–H and O–H groups in total. The Balaban J connectivity index is 1.88. The molecule has 1 aromatic carbocycles. The molecule has 1 aromatic heterocycles. The van der Waals surface area contributed by atoms with Crippen molar-refractivity contribution >= 4 is 22.9 Å². The van der Waals surface area contributed by atoms with Crippen LogP contribution in [0.3, 0.4) is 0 Å². The van der Waals surface area contributed by atoms with Crippen LogP contribution in [0, 0.1) is 0 Å². The van der Waals surface area contributed by atoms with Gasteiger partial charge in [0.1, 0.15) is 0 Å². The minimum Gasteiger partial charge on any atom is -0.326 e. The first-order chi connectivity index (χ1) is 9.69. The summed E-state index contributed by atoms with van der Waals surface area (Å²) >= 11 is 7.76. The molecule has 2 nitrogen and oxygen atoms in total. The molecule has 0 fully saturated rings. The molecule has 0 saturated heterocycles. The number of halogens is 1. The number of nitrogens with zero attached hydrogens (tertiary/aromatic N) is 1. The predicted molar refractivity (Wildman–Crippen MR) is 86.0 cm³/mol. The summed E-state index contributed by atoms with van der Waals surface area (Å²) in [6.45, 7) is 4.10. The van der Waals surface area contributed by atoms with Crippen molar-refractivity contribution < 1.29 is 0 Å². The number of nitrogens with two attached hydrogens (primary N) is 1. The van der Waals surface area contributed by atoms with Crippen molar-refractivity contribution in [3.63, 3.8) is 0 Å². The third kappa shape index (κ3) is 2.63. The lowest BCUT2D eigenvalue weighted by atomic mass is 10.0. The summed E-state index contributed by atoms with van der Waals surface area (Å²) in [5.41, 5.74) is 9.23. The van der Waals surface area contributed by atoms with Crippen LogP contribution in [0.25, 0.3) is 0 Å². The largest absolute Gasteiger partial charge is 0.326 e. The molecule has 2 atom stereocenters. The van der Waals surface area contributed by atoms with E-state index < -0.39 is 0 Å². The summed E-state index contributed by atoms with van der Waals surface area (Å²) in [5.74, 6) is 0. The Morgan fingerprint density at radius 1 is 1.20 bits per heavy atom. The molecule has 2 heterocycles. The normalized spacial score (nSPS) is 17.9. The van der Waals surface area contributed by atoms with Gasteiger partial charge in [0.05, 0.1) is 10.4 Å². The smallest absolute Gasteiger partial charge is 0.0931 e. The van der Waals surface area contributed by atoms with E-state index in [2.05, 4.69) is 42.2 Å². The van der Waals surface area contributed by atoms with E-state index in [1.54, 1.807) is 11.3 Å². The van der Waals surface area contributed by atoms with Gasteiger partial charge >= 0.3 is 0 Å². The third-order valence-corrected chi connectivity index (χ3v) is 5.32. The van der Waals surface area contributed by atoms with Gasteiger partial charge in [0.2, 0.25) is 0 Å². The summed E-state index contributed by atoms with van der Waals surface area (Å²) in [7, 11) is 0. The van der Waals surface area contributed by atoms with Gasteiger partial charge in [-0.1, -0.05) is 42.8 Å². The van der Waals surface area contributed by atoms with E-state index in [1.165, 1.54) is 16.0 Å². The van der Waals surface area contributed by atoms with Crippen LogP contribution < -0.4 is 5.73 Å². The Bertz CT molecular complexity index is 571. The highest BCUT2D eigenvalue weighted by molar-refractivity contribution is 7.16. The van der Waals surface area contributed by atoms with Crippen LogP contribution in [0.4, 0.5) is 0 Å². The van der Waals surface area contributed by atoms with E-state index in [4.69, 9.17) is 17.3 Å². The van der Waals surface area contributed by atoms with Crippen LogP contribution in [0.1, 0.15) is 35.4 Å². The summed E-state index contributed by atoms with van der Waals surface area (Å²) in [5, 5.41) is 0. The van der Waals surface area contributed by atoms with Gasteiger partial charge in [-0.3, -0.25) is 4.90 Å². The van der Waals surface area contributed by atoms with Crippen molar-refractivity contribution in [3.05, 3.63) is 56.7 Å². The first-order valence-electron chi connectivity index (χ1n) is 7.00. The lowest BCUT2D eigenvalue weighted by molar-refractivity contribution is 0.173. The highest BCUT2D eigenvalue weighted by Gasteiger charge is 2.31. The average Bonchev–Trinajstić information content (AvgIpc) is 3.05. The number of rotatable bonds is 4. The predicted octanol–water partition coefficient (Wildman–Crippen LogP) is 4.20. The summed E-state index contributed by atoms with van der Waals surface area (Å²) in [6.07, 6.45) is 0.965. The molecule has 0 saturated carbocycles. The topological polar surface area (TPSA) is 29.3 Å². The minimum atomic E-state index is 0.138. The summed E-state index contributed by atoms with van der Waals surface area (Å²) in [6, 6.07) is 13.1. The molecular weight excluding hydrogens is 288 g/mol. The molecular formula is C16H19ClN2S. The fourth-order valence-corrected chi connectivity index (χ4v) is 4.20. The molecule has 0 bridgehead atoms. The standard InChI is InChI=1S/C16H19ClN2S/c1-2-13(18)16(14-7-8-15(17)20-14)19-9-11-5-3-4-6-12(11)10-19/h3-8,13,16H,2,9-10,18H2,1H3. The van der Waals surface area contributed by atoms with Gasteiger partial charge in [0.25, 0.3) is 0 Å². The average molecular weight is 307 g/mol. The van der Waals surface area contributed by atoms with Crippen LogP contribution >= 0.6 is 22.9 Å². The van der Waals surface area contributed by atoms with Gasteiger partial charge in [-0.2, -0.15) is 0 Å². The SMILES string of the molecule is CCC(N)C(c1ccc(Cl)s1)N1Cc2ccccc2C1. The van der Waals surface area contributed by atoms with Gasteiger partial charge in [-0.15, -0.1) is 11.3 Å². The van der Waals surface area contributed by atoms with Crippen molar-refractivity contribution in [2.75, 3.05) is 0 Å². The van der Waals surface area contributed by atoms with Gasteiger partial charge in [0, 0.05) is 24.0 Å². The molecule has 2 aromatic rings. The molecule has 4 heteroatoms. The first-order valence-corrected chi connectivity index (χ1v) is 8.20. The zero-order valence-corrected chi connectivity index (χ0v) is 13.1. The number of hydrogen-bond donors (Lipinski definition) is 1. The molecule has 3 rings (SSSR count). The van der Waals surface area contributed by atoms with Crippen LogP contribution in [0.2, 0.25) is 4.34 Å². The van der Waals surface area contributed by atoms with E-state index >= 15 is 0 Å². The molecule has 2 unspecified atom stereocenters. The minimum absolute atomic E-state index is 0.138. The maximum Gasteiger partial charge on any atom is 0.0931 e. The number of hydrogen-bond acceptors (Lipinski definition) is 3. The second-order valence-corrected chi connectivity index (χ2v) is 7.08. The van der Waals surface area contributed by atoms with Crippen molar-refractivity contribution in [3.8, 4) is 0 Å². The van der Waals surface area contributed by atoms with Crippen LogP contribution in [-0.4, -0.2) is 10.9 Å². The number of thiophene rings is 1. The maximum absolute atomic E-state index is 6.40. The Labute approximate surface area is 129 Å². The van der Waals surface area contributed by atoms with Gasteiger partial charge in [-0.05, 0) is 29.7 Å². The summed E-state index contributed by atoms with van der Waals surface area (Å²) < 4.78 is 0.838. The maximum atomic E-state index is 6.40. The lowest BCUT2D eigenvalue weighted by Crippen LogP contribution is -2.37. The monoisotopic (exact) mass is 306 g/mol. The highest BCUT2D eigenvalue weighted by atomic mass is 35.5. The van der Waals surface area contributed by atoms with Crippen molar-refractivity contribution in [2.45, 2.75) is 38.5 Å². The van der Waals surface area contributed by atoms with E-state index in [1.807, 2.05) is 6.07 Å². The number of fused-ring (bicyclic) bond motifs is 1. The highest BCUT2D eigenvalue weighted by Crippen LogP contribution is 2.37. The quantitative estimate of drug-likeness (QED) is 0.917. The molecule has 106 valence electrons. The Morgan fingerprint density at radius 3 is 2.35 bits per heavy atom. The molecule has 1 aliphatic heterocycles. The zero-order chi connectivity index (χ0) is 14.1. The molecule has 0 amide bonds. The fraction of sp³-hybridized carbons (Fsp3) is 0.375. The second kappa shape index (κ2) is 5.86. The van der Waals surface area contributed by atoms with Gasteiger partial charge < -0.3 is 5.73 Å².